The van der Waals surface area contributed by atoms with Crippen molar-refractivity contribution < 1.29 is 33.4 Å². The van der Waals surface area contributed by atoms with Crippen LogP contribution in [0.4, 0.5) is 10.1 Å². The van der Waals surface area contributed by atoms with Crippen LogP contribution in [0, 0.1) is 5.82 Å². The molecule has 2 rings (SSSR count). The number of rotatable bonds is 3. The monoisotopic (exact) mass is 343 g/mol. The third kappa shape index (κ3) is 3.42. The molecule has 9 heteroatoms. The number of nitrogens with one attached hydrogen (secondary N) is 1. The van der Waals surface area contributed by atoms with Crippen molar-refractivity contribution in [3.05, 3.63) is 40.3 Å². The van der Waals surface area contributed by atoms with Crippen molar-refractivity contribution in [3.8, 4) is 0 Å². The van der Waals surface area contributed by atoms with E-state index in [1.807, 2.05) is 0 Å². The van der Waals surface area contributed by atoms with Crippen molar-refractivity contribution in [1.29, 1.82) is 0 Å². The highest BCUT2D eigenvalue weighted by atomic mass is 35.5. The molecule has 1 aromatic carbocycles. The van der Waals surface area contributed by atoms with Crippen LogP contribution in [-0.2, 0) is 19.1 Å². The Hall–Kier alpha value is -2.61. The average molecular weight is 344 g/mol. The van der Waals surface area contributed by atoms with Gasteiger partial charge in [0.1, 0.15) is 11.4 Å². The van der Waals surface area contributed by atoms with Crippen molar-refractivity contribution >= 4 is 35.2 Å². The highest BCUT2D eigenvalue weighted by molar-refractivity contribution is 6.34. The Morgan fingerprint density at radius 2 is 1.87 bits per heavy atom. The van der Waals surface area contributed by atoms with Gasteiger partial charge in [0, 0.05) is 20.0 Å². The fraction of sp³-hybridized carbons (Fsp3) is 0.214. The molecule has 0 bridgehead atoms. The molecule has 1 fully saturated rings. The highest BCUT2D eigenvalue weighted by Gasteiger charge is 2.39. The minimum Gasteiger partial charge on any atom is -0.478 e. The van der Waals surface area contributed by atoms with E-state index in [2.05, 4.69) is 5.32 Å². The normalized spacial score (nSPS) is 16.4. The predicted octanol–water partition coefficient (Wildman–Crippen LogP) is 2.31. The molecule has 0 aliphatic carbocycles. The Morgan fingerprint density at radius 1 is 1.30 bits per heavy atom. The van der Waals surface area contributed by atoms with Crippen LogP contribution in [-0.4, -0.2) is 28.8 Å². The minimum absolute atomic E-state index is 0.213. The van der Waals surface area contributed by atoms with E-state index in [0.717, 1.165) is 18.3 Å². The van der Waals surface area contributed by atoms with Gasteiger partial charge >= 0.3 is 17.9 Å². The lowest BCUT2D eigenvalue weighted by atomic mass is 10.1. The topological polar surface area (TPSA) is 102 Å². The van der Waals surface area contributed by atoms with Gasteiger partial charge in [-0.05, 0) is 12.1 Å². The molecule has 0 spiro atoms. The molecule has 23 heavy (non-hydrogen) atoms. The van der Waals surface area contributed by atoms with E-state index in [1.165, 1.54) is 13.8 Å². The molecular weight excluding hydrogens is 333 g/mol. The summed E-state index contributed by atoms with van der Waals surface area (Å²) in [5.74, 6) is -5.80. The summed E-state index contributed by atoms with van der Waals surface area (Å²) in [6, 6.07) is 2.01. The molecular formula is C14H11ClFNO6. The summed E-state index contributed by atoms with van der Waals surface area (Å²) < 4.78 is 23.5. The average Bonchev–Trinajstić information content (AvgIpc) is 2.39. The summed E-state index contributed by atoms with van der Waals surface area (Å²) in [6.45, 7) is 2.73. The van der Waals surface area contributed by atoms with Gasteiger partial charge in [-0.2, -0.15) is 0 Å². The van der Waals surface area contributed by atoms with Gasteiger partial charge in [0.25, 0.3) is 5.79 Å². The molecule has 1 aliphatic heterocycles. The standard InChI is InChI=1S/C14H11ClFNO6/c1-14(2)22-12(20)6(13(21)23-14)5-17-10-8(16)4-3-7(15)9(10)11(18)19/h3-5,17H,1-2H3,(H,18,19). The van der Waals surface area contributed by atoms with E-state index in [1.54, 1.807) is 0 Å². The number of carboxylic acids is 1. The molecule has 122 valence electrons. The van der Waals surface area contributed by atoms with Crippen LogP contribution in [0.25, 0.3) is 0 Å². The van der Waals surface area contributed by atoms with Crippen molar-refractivity contribution in [3.63, 3.8) is 0 Å². The van der Waals surface area contributed by atoms with E-state index in [9.17, 15) is 18.8 Å². The summed E-state index contributed by atoms with van der Waals surface area (Å²) in [5.41, 5.74) is -1.58. The van der Waals surface area contributed by atoms with Gasteiger partial charge in [0.15, 0.2) is 5.57 Å². The van der Waals surface area contributed by atoms with Gasteiger partial charge in [-0.3, -0.25) is 0 Å². The van der Waals surface area contributed by atoms with E-state index in [0.29, 0.717) is 0 Å². The number of anilines is 1. The van der Waals surface area contributed by atoms with Crippen molar-refractivity contribution in [2.75, 3.05) is 5.32 Å². The van der Waals surface area contributed by atoms with E-state index >= 15 is 0 Å². The number of benzene rings is 1. The first-order chi connectivity index (χ1) is 10.6. The van der Waals surface area contributed by atoms with Crippen LogP contribution in [0.5, 0.6) is 0 Å². The summed E-state index contributed by atoms with van der Waals surface area (Å²) in [7, 11) is 0. The second-order valence-electron chi connectivity index (χ2n) is 4.97. The molecule has 1 heterocycles. The molecule has 7 nitrogen and oxygen atoms in total. The van der Waals surface area contributed by atoms with Gasteiger partial charge in [0.05, 0.1) is 10.7 Å². The first kappa shape index (κ1) is 16.8. The van der Waals surface area contributed by atoms with E-state index in [-0.39, 0.29) is 5.02 Å². The molecule has 1 saturated heterocycles. The number of hydrogen-bond donors (Lipinski definition) is 2. The highest BCUT2D eigenvalue weighted by Crippen LogP contribution is 2.28. The Balaban J connectivity index is 2.38. The fourth-order valence-electron chi connectivity index (χ4n) is 1.82. The second kappa shape index (κ2) is 5.88. The van der Waals surface area contributed by atoms with Crippen LogP contribution in [0.1, 0.15) is 24.2 Å². The van der Waals surface area contributed by atoms with Crippen molar-refractivity contribution in [2.24, 2.45) is 0 Å². The van der Waals surface area contributed by atoms with Crippen LogP contribution in [0.3, 0.4) is 0 Å². The number of carbonyl (C=O) groups is 3. The molecule has 0 saturated carbocycles. The maximum absolute atomic E-state index is 13.8. The zero-order valence-electron chi connectivity index (χ0n) is 12.0. The summed E-state index contributed by atoms with van der Waals surface area (Å²) in [5, 5.41) is 11.1. The molecule has 1 aromatic rings. The first-order valence-corrected chi connectivity index (χ1v) is 6.65. The lowest BCUT2D eigenvalue weighted by Gasteiger charge is -2.29. The molecule has 1 aliphatic rings. The number of aromatic carboxylic acids is 1. The zero-order valence-corrected chi connectivity index (χ0v) is 12.7. The third-order valence-corrected chi connectivity index (χ3v) is 3.11. The Morgan fingerprint density at radius 3 is 2.39 bits per heavy atom. The van der Waals surface area contributed by atoms with Gasteiger partial charge in [-0.15, -0.1) is 0 Å². The quantitative estimate of drug-likeness (QED) is 0.493. The molecule has 0 atom stereocenters. The molecule has 0 unspecified atom stereocenters. The molecule has 0 amide bonds. The maximum atomic E-state index is 13.8. The molecule has 2 N–H and O–H groups in total. The second-order valence-corrected chi connectivity index (χ2v) is 5.37. The molecule has 0 aromatic heterocycles. The Bertz CT molecular complexity index is 721. The SMILES string of the molecule is CC1(C)OC(=O)C(=CNc2c(F)ccc(Cl)c2C(=O)O)C(=O)O1. The van der Waals surface area contributed by atoms with Gasteiger partial charge in [-0.25, -0.2) is 18.8 Å². The Labute approximate surface area is 134 Å². The van der Waals surface area contributed by atoms with Crippen LogP contribution in [0.2, 0.25) is 5.02 Å². The number of hydrogen-bond acceptors (Lipinski definition) is 6. The molecule has 0 radical (unpaired) electrons. The minimum atomic E-state index is -1.48. The smallest absolute Gasteiger partial charge is 0.350 e. The van der Waals surface area contributed by atoms with Gasteiger partial charge in [0.2, 0.25) is 0 Å². The summed E-state index contributed by atoms with van der Waals surface area (Å²) >= 11 is 5.72. The number of esters is 2. The van der Waals surface area contributed by atoms with Crippen LogP contribution in [0.15, 0.2) is 23.9 Å². The summed E-state index contributed by atoms with van der Waals surface area (Å²) in [6.07, 6.45) is 0.807. The van der Waals surface area contributed by atoms with Crippen molar-refractivity contribution in [2.45, 2.75) is 19.6 Å². The first-order valence-electron chi connectivity index (χ1n) is 6.27. The number of ether oxygens (including phenoxy) is 2. The van der Waals surface area contributed by atoms with Gasteiger partial charge < -0.3 is 19.9 Å². The number of halogens is 2. The zero-order chi connectivity index (χ0) is 17.4. The maximum Gasteiger partial charge on any atom is 0.350 e. The predicted molar refractivity (Wildman–Crippen MR) is 76.3 cm³/mol. The van der Waals surface area contributed by atoms with E-state index < -0.39 is 46.3 Å². The lowest BCUT2D eigenvalue weighted by Crippen LogP contribution is -2.42. The largest absolute Gasteiger partial charge is 0.478 e. The van der Waals surface area contributed by atoms with Crippen LogP contribution >= 0.6 is 11.6 Å². The number of cyclic esters (lactones) is 2. The van der Waals surface area contributed by atoms with Gasteiger partial charge in [-0.1, -0.05) is 11.6 Å². The third-order valence-electron chi connectivity index (χ3n) is 2.80. The van der Waals surface area contributed by atoms with E-state index in [4.69, 9.17) is 26.2 Å². The number of carboxylic acid groups (broad SMARTS) is 1. The summed E-state index contributed by atoms with van der Waals surface area (Å²) in [4.78, 5) is 34.7. The van der Waals surface area contributed by atoms with Crippen molar-refractivity contribution in [1.82, 2.24) is 0 Å². The van der Waals surface area contributed by atoms with Crippen LogP contribution < -0.4 is 5.32 Å². The Kier molecular flexibility index (Phi) is 4.28. The fourth-order valence-corrected chi connectivity index (χ4v) is 2.06. The lowest BCUT2D eigenvalue weighted by molar-refractivity contribution is -0.222. The number of carbonyl (C=O) groups excluding carboxylic acids is 2.